The second kappa shape index (κ2) is 6.49. The lowest BCUT2D eigenvalue weighted by Gasteiger charge is -2.18. The van der Waals surface area contributed by atoms with E-state index < -0.39 is 25.3 Å². The summed E-state index contributed by atoms with van der Waals surface area (Å²) in [6.45, 7) is 4.90. The maximum Gasteiger partial charge on any atom is 0.333 e. The molecule has 0 amide bonds. The van der Waals surface area contributed by atoms with Crippen LogP contribution < -0.4 is 4.57 Å². The van der Waals surface area contributed by atoms with Crippen LogP contribution in [0, 0.1) is 11.7 Å². The zero-order valence-corrected chi connectivity index (χ0v) is 15.2. The highest BCUT2D eigenvalue weighted by Gasteiger charge is 2.45. The highest BCUT2D eigenvalue weighted by Crippen LogP contribution is 2.39. The van der Waals surface area contributed by atoms with Gasteiger partial charge in [-0.25, -0.2) is 9.13 Å². The minimum absolute atomic E-state index is 0.388. The number of nitrogens with zero attached hydrogens (tertiary/aromatic N) is 3. The summed E-state index contributed by atoms with van der Waals surface area (Å²) in [4.78, 5) is 4.25. The maximum atomic E-state index is 10.3. The summed E-state index contributed by atoms with van der Waals surface area (Å²) in [6.07, 6.45) is 4.58. The molecule has 0 unspecified atom stereocenters. The Morgan fingerprint density at radius 3 is 2.68 bits per heavy atom. The van der Waals surface area contributed by atoms with Gasteiger partial charge in [-0.15, -0.1) is 13.2 Å². The molecule has 0 aliphatic carbocycles. The lowest BCUT2D eigenvalue weighted by atomic mass is 10.1. The number of aryl methyl sites for hydroxylation is 2. The van der Waals surface area contributed by atoms with Crippen molar-refractivity contribution >= 4 is 25.4 Å². The summed E-state index contributed by atoms with van der Waals surface area (Å²) in [5.41, 5.74) is 0. The van der Waals surface area contributed by atoms with Crippen molar-refractivity contribution in [2.75, 3.05) is 19.5 Å². The summed E-state index contributed by atoms with van der Waals surface area (Å²) >= 11 is 5.12. The second-order valence-corrected chi connectivity index (χ2v) is 11.3. The van der Waals surface area contributed by atoms with Crippen LogP contribution in [0.2, 0.25) is 0 Å². The fraction of sp³-hybridized carbons (Fsp3) is 0.714. The van der Waals surface area contributed by atoms with Crippen LogP contribution in [0.3, 0.4) is 0 Å². The van der Waals surface area contributed by atoms with Gasteiger partial charge in [-0.05, 0) is 38.1 Å². The van der Waals surface area contributed by atoms with Gasteiger partial charge in [0.15, 0.2) is 6.33 Å². The van der Waals surface area contributed by atoms with Crippen LogP contribution in [0.25, 0.3) is 0 Å². The molecule has 0 spiro atoms. The van der Waals surface area contributed by atoms with Crippen molar-refractivity contribution in [1.82, 2.24) is 9.55 Å². The largest absolute Gasteiger partial charge is 0.387 e. The fourth-order valence-electron chi connectivity index (χ4n) is 2.52. The van der Waals surface area contributed by atoms with Crippen LogP contribution in [0.1, 0.15) is 18.5 Å². The third-order valence-corrected chi connectivity index (χ3v) is 5.71. The molecule has 2 heterocycles. The van der Waals surface area contributed by atoms with Gasteiger partial charge in [0.1, 0.15) is 12.2 Å². The predicted molar refractivity (Wildman–Crippen MR) is 90.3 cm³/mol. The SMILES string of the molecule is C=P(C)(C)CC[C@H]1O[C@@H](n2c[n+](C)c(=S)nc2C)[C@H](O)[C@@H]1O. The van der Waals surface area contributed by atoms with Crippen molar-refractivity contribution in [3.8, 4) is 0 Å². The average molecular weight is 346 g/mol. The van der Waals surface area contributed by atoms with Crippen LogP contribution in [0.5, 0.6) is 0 Å². The molecule has 4 atom stereocenters. The van der Waals surface area contributed by atoms with Crippen molar-refractivity contribution in [2.24, 2.45) is 7.05 Å². The van der Waals surface area contributed by atoms with Gasteiger partial charge in [-0.2, -0.15) is 0 Å². The van der Waals surface area contributed by atoms with Gasteiger partial charge >= 0.3 is 4.77 Å². The minimum atomic E-state index is -1.19. The summed E-state index contributed by atoms with van der Waals surface area (Å²) in [7, 11) is 1.79. The van der Waals surface area contributed by atoms with Crippen molar-refractivity contribution < 1.29 is 19.5 Å². The van der Waals surface area contributed by atoms with E-state index in [1.54, 1.807) is 29.4 Å². The lowest BCUT2D eigenvalue weighted by molar-refractivity contribution is -0.686. The van der Waals surface area contributed by atoms with E-state index in [9.17, 15) is 10.2 Å². The third-order valence-electron chi connectivity index (χ3n) is 3.86. The quantitative estimate of drug-likeness (QED) is 0.471. The predicted octanol–water partition coefficient (Wildman–Crippen LogP) is 0.464. The highest BCUT2D eigenvalue weighted by atomic mass is 32.1. The number of hydrogen-bond acceptors (Lipinski definition) is 5. The van der Waals surface area contributed by atoms with Crippen molar-refractivity contribution in [3.05, 3.63) is 16.9 Å². The molecule has 1 saturated heterocycles. The Morgan fingerprint density at radius 1 is 1.45 bits per heavy atom. The van der Waals surface area contributed by atoms with E-state index in [1.165, 1.54) is 0 Å². The molecule has 1 aliphatic rings. The Hall–Kier alpha value is -0.590. The van der Waals surface area contributed by atoms with Crippen LogP contribution >= 0.6 is 19.1 Å². The summed E-state index contributed by atoms with van der Waals surface area (Å²) in [5, 5.41) is 20.6. The van der Waals surface area contributed by atoms with Crippen LogP contribution in [-0.2, 0) is 11.8 Å². The molecule has 1 aliphatic heterocycles. The number of hydrogen-bond donors (Lipinski definition) is 2. The van der Waals surface area contributed by atoms with E-state index >= 15 is 0 Å². The molecule has 0 bridgehead atoms. The van der Waals surface area contributed by atoms with Crippen molar-refractivity contribution in [2.45, 2.75) is 37.9 Å². The first-order valence-electron chi connectivity index (χ1n) is 7.24. The molecule has 1 fully saturated rings. The Labute approximate surface area is 136 Å². The van der Waals surface area contributed by atoms with Crippen molar-refractivity contribution in [1.29, 1.82) is 0 Å². The topological polar surface area (TPSA) is 71.4 Å². The van der Waals surface area contributed by atoms with E-state index in [-0.39, 0.29) is 6.10 Å². The normalized spacial score (nSPS) is 29.0. The molecular weight excluding hydrogens is 321 g/mol. The molecule has 6 nitrogen and oxygen atoms in total. The van der Waals surface area contributed by atoms with Gasteiger partial charge in [0.05, 0.1) is 13.2 Å². The molecule has 0 aromatic carbocycles. The van der Waals surface area contributed by atoms with E-state index in [0.717, 1.165) is 6.16 Å². The van der Waals surface area contributed by atoms with Crippen molar-refractivity contribution in [3.63, 3.8) is 0 Å². The van der Waals surface area contributed by atoms with Crippen LogP contribution in [0.4, 0.5) is 0 Å². The highest BCUT2D eigenvalue weighted by molar-refractivity contribution is 7.72. The molecule has 8 heteroatoms. The molecule has 0 saturated carbocycles. The number of rotatable bonds is 4. The van der Waals surface area contributed by atoms with E-state index in [0.29, 0.717) is 17.0 Å². The molecule has 0 radical (unpaired) electrons. The number of aliphatic hydroxyl groups is 2. The second-order valence-electron chi connectivity index (χ2n) is 6.57. The summed E-state index contributed by atoms with van der Waals surface area (Å²) < 4.78 is 9.77. The van der Waals surface area contributed by atoms with Gasteiger partial charge in [0.25, 0.3) is 0 Å². The lowest BCUT2D eigenvalue weighted by Crippen LogP contribution is -2.38. The molecular formula is C14H25N3O3PS+. The monoisotopic (exact) mass is 346 g/mol. The Morgan fingerprint density at radius 2 is 2.09 bits per heavy atom. The zero-order valence-electron chi connectivity index (χ0n) is 13.5. The molecule has 124 valence electrons. The first kappa shape index (κ1) is 17.8. The Balaban J connectivity index is 2.21. The van der Waals surface area contributed by atoms with Crippen LogP contribution in [-0.4, -0.2) is 63.9 Å². The molecule has 2 N–H and O–H groups in total. The van der Waals surface area contributed by atoms with E-state index in [4.69, 9.17) is 17.0 Å². The zero-order chi connectivity index (χ0) is 16.7. The van der Waals surface area contributed by atoms with Gasteiger partial charge in [0.2, 0.25) is 12.1 Å². The first-order chi connectivity index (χ1) is 10.1. The number of ether oxygens (including phenoxy) is 1. The van der Waals surface area contributed by atoms with Crippen LogP contribution in [0.15, 0.2) is 6.33 Å². The Bertz CT molecular complexity index is 657. The van der Waals surface area contributed by atoms with Gasteiger partial charge in [-0.1, -0.05) is 4.98 Å². The molecule has 22 heavy (non-hydrogen) atoms. The average Bonchev–Trinajstić information content (AvgIpc) is 2.68. The summed E-state index contributed by atoms with van der Waals surface area (Å²) in [6, 6.07) is 0. The van der Waals surface area contributed by atoms with E-state index in [2.05, 4.69) is 24.6 Å². The van der Waals surface area contributed by atoms with Gasteiger partial charge in [-0.3, -0.25) is 0 Å². The molecule has 1 aromatic heterocycles. The summed E-state index contributed by atoms with van der Waals surface area (Å²) in [5.74, 6) is 0.644. The van der Waals surface area contributed by atoms with Gasteiger partial charge < -0.3 is 14.9 Å². The number of aliphatic hydroxyl groups excluding tert-OH is 2. The van der Waals surface area contributed by atoms with Gasteiger partial charge in [0, 0.05) is 6.92 Å². The smallest absolute Gasteiger partial charge is 0.333 e. The fourth-order valence-corrected chi connectivity index (χ4v) is 3.65. The Kier molecular flexibility index (Phi) is 5.24. The minimum Gasteiger partial charge on any atom is -0.387 e. The first-order valence-corrected chi connectivity index (χ1v) is 10.7. The third kappa shape index (κ3) is 3.84. The number of aromatic nitrogens is 3. The maximum absolute atomic E-state index is 10.3. The standard InChI is InChI=1S/C14H25N3O3PS/c1-9-15-14(22)16(2)8-17(9)13-12(19)11(18)10(20-13)6-7-21(3,4)5/h8,10-13,18-19H,3,6-7H2,1-2,4-5H3/q+1/t10-,11-,12-,13-/m1/s1. The molecule has 2 rings (SSSR count). The van der Waals surface area contributed by atoms with E-state index in [1.807, 2.05) is 0 Å². The molecule has 1 aromatic rings.